The largest absolute Gasteiger partial charge is 0.478 e. The minimum absolute atomic E-state index is 0.199. The highest BCUT2D eigenvalue weighted by atomic mass is 16.5. The molecule has 19 heavy (non-hydrogen) atoms. The van der Waals surface area contributed by atoms with Gasteiger partial charge in [0.1, 0.15) is 11.4 Å². The van der Waals surface area contributed by atoms with E-state index in [0.717, 1.165) is 18.8 Å². The third kappa shape index (κ3) is 5.23. The number of carboxylic acid groups (broad SMARTS) is 1. The summed E-state index contributed by atoms with van der Waals surface area (Å²) < 4.78 is 4.99. The first-order valence-electron chi connectivity index (χ1n) is 6.17. The molecule has 0 aliphatic carbocycles. The zero-order valence-electron chi connectivity index (χ0n) is 11.6. The standard InChI is InChI=1S/C13H21N3O3/c1-10-4-5-11(13(17)18)12(15-10)14-6-7-16(2)8-9-19-3/h4-5H,6-9H2,1-3H3,(H,14,15)(H,17,18). The number of anilines is 1. The van der Waals surface area contributed by atoms with Crippen molar-refractivity contribution in [1.29, 1.82) is 0 Å². The summed E-state index contributed by atoms with van der Waals surface area (Å²) in [5.74, 6) is -0.546. The van der Waals surface area contributed by atoms with Gasteiger partial charge in [-0.2, -0.15) is 0 Å². The van der Waals surface area contributed by atoms with Gasteiger partial charge >= 0.3 is 5.97 Å². The van der Waals surface area contributed by atoms with E-state index in [0.29, 0.717) is 19.0 Å². The highest BCUT2D eigenvalue weighted by Gasteiger charge is 2.11. The first-order chi connectivity index (χ1) is 9.04. The molecular formula is C13H21N3O3. The van der Waals surface area contributed by atoms with Crippen LogP contribution in [-0.4, -0.2) is 61.4 Å². The molecule has 0 fully saturated rings. The lowest BCUT2D eigenvalue weighted by atomic mass is 10.2. The van der Waals surface area contributed by atoms with E-state index in [9.17, 15) is 4.79 Å². The number of hydrogen-bond donors (Lipinski definition) is 2. The Hall–Kier alpha value is -1.66. The van der Waals surface area contributed by atoms with Crippen LogP contribution in [0.4, 0.5) is 5.82 Å². The van der Waals surface area contributed by atoms with Gasteiger partial charge in [0.15, 0.2) is 0 Å². The SMILES string of the molecule is COCCN(C)CCNc1nc(C)ccc1C(=O)O. The summed E-state index contributed by atoms with van der Waals surface area (Å²) in [5, 5.41) is 12.1. The zero-order valence-corrected chi connectivity index (χ0v) is 11.6. The van der Waals surface area contributed by atoms with Crippen LogP contribution in [0.15, 0.2) is 12.1 Å². The fourth-order valence-electron chi connectivity index (χ4n) is 1.59. The number of aromatic nitrogens is 1. The molecule has 106 valence electrons. The molecule has 6 heteroatoms. The topological polar surface area (TPSA) is 74.7 Å². The van der Waals surface area contributed by atoms with Gasteiger partial charge in [-0.25, -0.2) is 9.78 Å². The van der Waals surface area contributed by atoms with Crippen LogP contribution in [-0.2, 0) is 4.74 Å². The molecule has 0 aliphatic heterocycles. The maximum absolute atomic E-state index is 11.1. The Labute approximate surface area is 113 Å². The van der Waals surface area contributed by atoms with Crippen LogP contribution >= 0.6 is 0 Å². The number of likely N-dealkylation sites (N-methyl/N-ethyl adjacent to an activating group) is 1. The van der Waals surface area contributed by atoms with Gasteiger partial charge in [0.2, 0.25) is 0 Å². The predicted molar refractivity (Wildman–Crippen MR) is 73.8 cm³/mol. The second-order valence-corrected chi connectivity index (χ2v) is 4.38. The number of pyridine rings is 1. The second-order valence-electron chi connectivity index (χ2n) is 4.38. The number of nitrogens with zero attached hydrogens (tertiary/aromatic N) is 2. The maximum Gasteiger partial charge on any atom is 0.339 e. The van der Waals surface area contributed by atoms with Crippen LogP contribution in [0.1, 0.15) is 16.1 Å². The van der Waals surface area contributed by atoms with Gasteiger partial charge < -0.3 is 20.1 Å². The molecular weight excluding hydrogens is 246 g/mol. The molecule has 0 aliphatic rings. The summed E-state index contributed by atoms with van der Waals surface area (Å²) in [7, 11) is 3.66. The van der Waals surface area contributed by atoms with Crippen molar-refractivity contribution in [3.8, 4) is 0 Å². The zero-order chi connectivity index (χ0) is 14.3. The normalized spacial score (nSPS) is 10.7. The molecule has 0 atom stereocenters. The summed E-state index contributed by atoms with van der Waals surface area (Å²) in [4.78, 5) is 17.4. The Balaban J connectivity index is 2.52. The van der Waals surface area contributed by atoms with Crippen molar-refractivity contribution < 1.29 is 14.6 Å². The first-order valence-corrected chi connectivity index (χ1v) is 6.17. The van der Waals surface area contributed by atoms with Crippen LogP contribution in [0, 0.1) is 6.92 Å². The Kier molecular flexibility index (Phi) is 6.24. The van der Waals surface area contributed by atoms with Crippen molar-refractivity contribution in [3.05, 3.63) is 23.4 Å². The summed E-state index contributed by atoms with van der Waals surface area (Å²) in [6.45, 7) is 4.78. The van der Waals surface area contributed by atoms with Gasteiger partial charge in [0, 0.05) is 32.4 Å². The van der Waals surface area contributed by atoms with E-state index in [1.807, 2.05) is 14.0 Å². The molecule has 2 N–H and O–H groups in total. The van der Waals surface area contributed by atoms with Gasteiger partial charge in [-0.1, -0.05) is 0 Å². The van der Waals surface area contributed by atoms with Crippen LogP contribution in [0.3, 0.4) is 0 Å². The molecule has 0 radical (unpaired) electrons. The van der Waals surface area contributed by atoms with E-state index in [-0.39, 0.29) is 5.56 Å². The average molecular weight is 267 g/mol. The molecule has 6 nitrogen and oxygen atoms in total. The van der Waals surface area contributed by atoms with Crippen molar-refractivity contribution in [2.75, 3.05) is 45.7 Å². The van der Waals surface area contributed by atoms with E-state index < -0.39 is 5.97 Å². The number of hydrogen-bond acceptors (Lipinski definition) is 5. The number of carboxylic acids is 1. The van der Waals surface area contributed by atoms with E-state index in [4.69, 9.17) is 9.84 Å². The first kappa shape index (κ1) is 15.4. The summed E-state index contributed by atoms with van der Waals surface area (Å²) in [6.07, 6.45) is 0. The third-order valence-corrected chi connectivity index (χ3v) is 2.73. The van der Waals surface area contributed by atoms with E-state index >= 15 is 0 Å². The van der Waals surface area contributed by atoms with Crippen LogP contribution in [0.5, 0.6) is 0 Å². The fraction of sp³-hybridized carbons (Fsp3) is 0.538. The van der Waals surface area contributed by atoms with Gasteiger partial charge in [-0.3, -0.25) is 0 Å². The van der Waals surface area contributed by atoms with E-state index in [1.165, 1.54) is 0 Å². The molecule has 1 rings (SSSR count). The highest BCUT2D eigenvalue weighted by molar-refractivity contribution is 5.93. The fourth-order valence-corrected chi connectivity index (χ4v) is 1.59. The van der Waals surface area contributed by atoms with Crippen LogP contribution in [0.25, 0.3) is 0 Å². The third-order valence-electron chi connectivity index (χ3n) is 2.73. The lowest BCUT2D eigenvalue weighted by Gasteiger charge is -2.17. The monoisotopic (exact) mass is 267 g/mol. The summed E-state index contributed by atoms with van der Waals surface area (Å²) in [6, 6.07) is 3.26. The maximum atomic E-state index is 11.1. The van der Waals surface area contributed by atoms with Gasteiger partial charge in [-0.15, -0.1) is 0 Å². The molecule has 0 aromatic carbocycles. The van der Waals surface area contributed by atoms with Crippen LogP contribution in [0.2, 0.25) is 0 Å². The average Bonchev–Trinajstić information content (AvgIpc) is 2.36. The van der Waals surface area contributed by atoms with Gasteiger partial charge in [-0.05, 0) is 26.1 Å². The summed E-state index contributed by atoms with van der Waals surface area (Å²) in [5.41, 5.74) is 0.991. The molecule has 0 saturated carbocycles. The number of rotatable bonds is 8. The molecule has 0 bridgehead atoms. The van der Waals surface area contributed by atoms with Crippen molar-refractivity contribution in [2.24, 2.45) is 0 Å². The van der Waals surface area contributed by atoms with Crippen molar-refractivity contribution in [2.45, 2.75) is 6.92 Å². The molecule has 0 spiro atoms. The highest BCUT2D eigenvalue weighted by Crippen LogP contribution is 2.13. The number of ether oxygens (including phenoxy) is 1. The minimum Gasteiger partial charge on any atom is -0.478 e. The van der Waals surface area contributed by atoms with E-state index in [2.05, 4.69) is 15.2 Å². The smallest absolute Gasteiger partial charge is 0.339 e. The molecule has 0 amide bonds. The van der Waals surface area contributed by atoms with Crippen LogP contribution < -0.4 is 5.32 Å². The molecule has 0 saturated heterocycles. The van der Waals surface area contributed by atoms with Crippen molar-refractivity contribution in [3.63, 3.8) is 0 Å². The minimum atomic E-state index is -0.970. The molecule has 1 heterocycles. The molecule has 1 aromatic rings. The predicted octanol–water partition coefficient (Wildman–Crippen LogP) is 1.08. The number of methoxy groups -OCH3 is 1. The van der Waals surface area contributed by atoms with Gasteiger partial charge in [0.25, 0.3) is 0 Å². The number of nitrogens with one attached hydrogen (secondary N) is 1. The second kappa shape index (κ2) is 7.70. The Morgan fingerprint density at radius 3 is 2.84 bits per heavy atom. The Bertz CT molecular complexity index is 424. The lowest BCUT2D eigenvalue weighted by molar-refractivity contribution is 0.0697. The van der Waals surface area contributed by atoms with Crippen molar-refractivity contribution >= 4 is 11.8 Å². The number of aromatic carboxylic acids is 1. The lowest BCUT2D eigenvalue weighted by Crippen LogP contribution is -2.28. The molecule has 0 unspecified atom stereocenters. The van der Waals surface area contributed by atoms with E-state index in [1.54, 1.807) is 19.2 Å². The quantitative estimate of drug-likeness (QED) is 0.734. The number of aryl methyl sites for hydroxylation is 1. The van der Waals surface area contributed by atoms with Gasteiger partial charge in [0.05, 0.1) is 6.61 Å². The Morgan fingerprint density at radius 1 is 1.47 bits per heavy atom. The Morgan fingerprint density at radius 2 is 2.21 bits per heavy atom. The van der Waals surface area contributed by atoms with Crippen molar-refractivity contribution in [1.82, 2.24) is 9.88 Å². The number of carbonyl (C=O) groups is 1. The summed E-state index contributed by atoms with van der Waals surface area (Å²) >= 11 is 0. The molecule has 1 aromatic heterocycles.